The van der Waals surface area contributed by atoms with E-state index in [1.165, 1.54) is 6.92 Å². The van der Waals surface area contributed by atoms with Crippen molar-refractivity contribution in [3.8, 4) is 0 Å². The fourth-order valence-electron chi connectivity index (χ4n) is 1.04. The number of carbonyl (C=O) groups is 2. The van der Waals surface area contributed by atoms with Gasteiger partial charge in [0.2, 0.25) is 5.76 Å². The number of amides is 1. The molecule has 2 N–H and O–H groups in total. The Hall–Kier alpha value is -1.90. The Kier molecular flexibility index (Phi) is 4.43. The van der Waals surface area contributed by atoms with Crippen molar-refractivity contribution in [2.45, 2.75) is 6.92 Å². The minimum Gasteiger partial charge on any atom is -0.475 e. The van der Waals surface area contributed by atoms with Gasteiger partial charge in [0, 0.05) is 18.4 Å². The molecule has 0 aliphatic heterocycles. The van der Waals surface area contributed by atoms with E-state index < -0.39 is 27.5 Å². The predicted molar refractivity (Wildman–Crippen MR) is 60.1 cm³/mol. The average molecular weight is 276 g/mol. The second-order valence-electron chi connectivity index (χ2n) is 3.37. The number of aromatic carboxylic acids is 1. The Bertz CT molecular complexity index is 547. The minimum atomic E-state index is -3.16. The summed E-state index contributed by atoms with van der Waals surface area (Å²) in [6.45, 7) is 1.44. The zero-order valence-electron chi connectivity index (χ0n) is 9.54. The Balaban J connectivity index is 2.53. The van der Waals surface area contributed by atoms with Crippen molar-refractivity contribution in [1.82, 2.24) is 10.5 Å². The van der Waals surface area contributed by atoms with Crippen molar-refractivity contribution in [2.24, 2.45) is 0 Å². The molecule has 8 nitrogen and oxygen atoms in total. The molecule has 0 aliphatic rings. The monoisotopic (exact) mass is 276 g/mol. The summed E-state index contributed by atoms with van der Waals surface area (Å²) < 4.78 is 26.7. The molecule has 0 fully saturated rings. The Morgan fingerprint density at radius 3 is 2.67 bits per heavy atom. The first kappa shape index (κ1) is 14.2. The van der Waals surface area contributed by atoms with E-state index in [1.54, 1.807) is 0 Å². The van der Waals surface area contributed by atoms with Crippen LogP contribution in [0.5, 0.6) is 0 Å². The first-order valence-electron chi connectivity index (χ1n) is 5.04. The lowest BCUT2D eigenvalue weighted by Gasteiger charge is -2.02. The summed E-state index contributed by atoms with van der Waals surface area (Å²) in [4.78, 5) is 21.9. The molecule has 1 rings (SSSR count). The molecule has 0 aromatic carbocycles. The van der Waals surface area contributed by atoms with Crippen LogP contribution in [0.1, 0.15) is 28.0 Å². The van der Waals surface area contributed by atoms with Crippen LogP contribution in [-0.4, -0.2) is 48.6 Å². The van der Waals surface area contributed by atoms with Gasteiger partial charge in [-0.1, -0.05) is 12.1 Å². The van der Waals surface area contributed by atoms with Gasteiger partial charge in [-0.3, -0.25) is 4.79 Å². The van der Waals surface area contributed by atoms with Gasteiger partial charge >= 0.3 is 5.97 Å². The lowest BCUT2D eigenvalue weighted by atomic mass is 10.3. The highest BCUT2D eigenvalue weighted by molar-refractivity contribution is 7.91. The molecule has 0 saturated carbocycles. The quantitative estimate of drug-likeness (QED) is 0.719. The molecule has 0 saturated heterocycles. The molecular formula is C9H12N2O6S. The van der Waals surface area contributed by atoms with Crippen LogP contribution in [0.2, 0.25) is 0 Å². The van der Waals surface area contributed by atoms with Crippen LogP contribution >= 0.6 is 0 Å². The van der Waals surface area contributed by atoms with Gasteiger partial charge in [0.25, 0.3) is 5.91 Å². The molecular weight excluding hydrogens is 264 g/mol. The zero-order valence-corrected chi connectivity index (χ0v) is 10.4. The van der Waals surface area contributed by atoms with Crippen LogP contribution in [0.3, 0.4) is 0 Å². The SMILES string of the molecule is CCS(=O)(=O)CCNC(=O)c1cc(C(=O)O)on1. The second-order valence-corrected chi connectivity index (χ2v) is 5.85. The summed E-state index contributed by atoms with van der Waals surface area (Å²) in [6, 6.07) is 0.964. The topological polar surface area (TPSA) is 127 Å². The predicted octanol–water partition coefficient (Wildman–Crippen LogP) is -0.463. The van der Waals surface area contributed by atoms with Gasteiger partial charge in [-0.2, -0.15) is 0 Å². The van der Waals surface area contributed by atoms with E-state index in [1.807, 2.05) is 0 Å². The van der Waals surface area contributed by atoms with Crippen LogP contribution in [0.25, 0.3) is 0 Å². The summed E-state index contributed by atoms with van der Waals surface area (Å²) in [5, 5.41) is 14.1. The largest absolute Gasteiger partial charge is 0.475 e. The first-order valence-corrected chi connectivity index (χ1v) is 6.86. The van der Waals surface area contributed by atoms with E-state index in [0.717, 1.165) is 6.07 Å². The van der Waals surface area contributed by atoms with Crippen LogP contribution in [0, 0.1) is 0 Å². The van der Waals surface area contributed by atoms with E-state index in [4.69, 9.17) is 5.11 Å². The molecule has 0 atom stereocenters. The lowest BCUT2D eigenvalue weighted by molar-refractivity contribution is 0.0651. The van der Waals surface area contributed by atoms with Crippen molar-refractivity contribution in [1.29, 1.82) is 0 Å². The number of aromatic nitrogens is 1. The van der Waals surface area contributed by atoms with Gasteiger partial charge in [0.15, 0.2) is 15.5 Å². The maximum Gasteiger partial charge on any atom is 0.374 e. The summed E-state index contributed by atoms with van der Waals surface area (Å²) in [5.41, 5.74) is -0.207. The smallest absolute Gasteiger partial charge is 0.374 e. The number of rotatable bonds is 6. The number of carboxylic acid groups (broad SMARTS) is 1. The molecule has 0 spiro atoms. The Morgan fingerprint density at radius 2 is 2.17 bits per heavy atom. The molecule has 0 radical (unpaired) electrons. The maximum absolute atomic E-state index is 11.4. The average Bonchev–Trinajstić information content (AvgIpc) is 2.78. The maximum atomic E-state index is 11.4. The number of nitrogens with zero attached hydrogens (tertiary/aromatic N) is 1. The molecule has 1 aromatic rings. The highest BCUT2D eigenvalue weighted by Gasteiger charge is 2.16. The third-order valence-corrected chi connectivity index (χ3v) is 3.80. The van der Waals surface area contributed by atoms with Crippen LogP contribution in [0.4, 0.5) is 0 Å². The molecule has 0 unspecified atom stereocenters. The van der Waals surface area contributed by atoms with E-state index in [0.29, 0.717) is 0 Å². The number of hydrogen-bond acceptors (Lipinski definition) is 6. The second kappa shape index (κ2) is 5.63. The van der Waals surface area contributed by atoms with Gasteiger partial charge in [-0.05, 0) is 0 Å². The Labute approximate surface area is 103 Å². The fourth-order valence-corrected chi connectivity index (χ4v) is 1.74. The summed E-state index contributed by atoms with van der Waals surface area (Å²) in [6.07, 6.45) is 0. The van der Waals surface area contributed by atoms with Crippen molar-refractivity contribution < 1.29 is 27.6 Å². The molecule has 0 bridgehead atoms. The normalized spacial score (nSPS) is 11.2. The molecule has 9 heteroatoms. The van der Waals surface area contributed by atoms with Gasteiger partial charge in [-0.25, -0.2) is 13.2 Å². The highest BCUT2D eigenvalue weighted by Crippen LogP contribution is 2.03. The third kappa shape index (κ3) is 3.84. The van der Waals surface area contributed by atoms with Crippen molar-refractivity contribution in [3.05, 3.63) is 17.5 Å². The molecule has 100 valence electrons. The molecule has 18 heavy (non-hydrogen) atoms. The van der Waals surface area contributed by atoms with E-state index in [-0.39, 0.29) is 23.7 Å². The third-order valence-electron chi connectivity index (χ3n) is 2.09. The number of carbonyl (C=O) groups excluding carboxylic acids is 1. The molecule has 1 heterocycles. The van der Waals surface area contributed by atoms with E-state index >= 15 is 0 Å². The summed E-state index contributed by atoms with van der Waals surface area (Å²) >= 11 is 0. The van der Waals surface area contributed by atoms with Gasteiger partial charge in [0.05, 0.1) is 5.75 Å². The van der Waals surface area contributed by atoms with Crippen LogP contribution in [-0.2, 0) is 9.84 Å². The molecule has 0 aliphatic carbocycles. The number of carboxylic acids is 1. The molecule has 1 amide bonds. The zero-order chi connectivity index (χ0) is 13.8. The van der Waals surface area contributed by atoms with E-state index in [9.17, 15) is 18.0 Å². The number of sulfone groups is 1. The van der Waals surface area contributed by atoms with Crippen molar-refractivity contribution in [2.75, 3.05) is 18.1 Å². The Morgan fingerprint density at radius 1 is 1.50 bits per heavy atom. The number of nitrogens with one attached hydrogen (secondary N) is 1. The standard InChI is InChI=1S/C9H12N2O6S/c1-2-18(15,16)4-3-10-8(12)6-5-7(9(13)14)17-11-6/h5H,2-4H2,1H3,(H,10,12)(H,13,14). The van der Waals surface area contributed by atoms with Crippen LogP contribution in [0.15, 0.2) is 10.6 Å². The van der Waals surface area contributed by atoms with Gasteiger partial charge in [0.1, 0.15) is 0 Å². The molecule has 1 aromatic heterocycles. The van der Waals surface area contributed by atoms with Gasteiger partial charge < -0.3 is 14.9 Å². The fraction of sp³-hybridized carbons (Fsp3) is 0.444. The number of hydrogen-bond donors (Lipinski definition) is 2. The summed E-state index contributed by atoms with van der Waals surface area (Å²) in [7, 11) is -3.16. The van der Waals surface area contributed by atoms with Crippen molar-refractivity contribution in [3.63, 3.8) is 0 Å². The lowest BCUT2D eigenvalue weighted by Crippen LogP contribution is -2.29. The highest BCUT2D eigenvalue weighted by atomic mass is 32.2. The van der Waals surface area contributed by atoms with Crippen molar-refractivity contribution >= 4 is 21.7 Å². The summed E-state index contributed by atoms with van der Waals surface area (Å²) in [5.74, 6) is -2.66. The van der Waals surface area contributed by atoms with E-state index in [2.05, 4.69) is 15.0 Å². The minimum absolute atomic E-state index is 0.00398. The first-order chi connectivity index (χ1) is 8.35. The van der Waals surface area contributed by atoms with Crippen LogP contribution < -0.4 is 5.32 Å². The van der Waals surface area contributed by atoms with Gasteiger partial charge in [-0.15, -0.1) is 0 Å².